The second kappa shape index (κ2) is 14.2. The van der Waals surface area contributed by atoms with Crippen LogP contribution in [0.4, 0.5) is 0 Å². The summed E-state index contributed by atoms with van der Waals surface area (Å²) in [7, 11) is 2.16. The SMILES string of the molecule is CCCCCCCCCCCCC(O)CNN1CCN(C)CC1. The van der Waals surface area contributed by atoms with Gasteiger partial charge in [0.05, 0.1) is 6.10 Å². The van der Waals surface area contributed by atoms with Crippen molar-refractivity contribution in [3.63, 3.8) is 0 Å². The normalized spacial score (nSPS) is 18.4. The van der Waals surface area contributed by atoms with E-state index >= 15 is 0 Å². The van der Waals surface area contributed by atoms with Crippen LogP contribution in [-0.4, -0.2) is 60.9 Å². The van der Waals surface area contributed by atoms with E-state index in [-0.39, 0.29) is 6.10 Å². The Hall–Kier alpha value is -0.160. The van der Waals surface area contributed by atoms with Crippen LogP contribution in [-0.2, 0) is 0 Å². The minimum Gasteiger partial charge on any atom is -0.392 e. The van der Waals surface area contributed by atoms with Gasteiger partial charge in [-0.05, 0) is 13.5 Å². The second-order valence-corrected chi connectivity index (χ2v) is 7.28. The quantitative estimate of drug-likeness (QED) is 0.480. The van der Waals surface area contributed by atoms with Crippen molar-refractivity contribution in [1.29, 1.82) is 0 Å². The number of aliphatic hydroxyl groups excluding tert-OH is 1. The minimum atomic E-state index is -0.191. The van der Waals surface area contributed by atoms with Gasteiger partial charge in [0.15, 0.2) is 0 Å². The van der Waals surface area contributed by atoms with Crippen LogP contribution in [0.3, 0.4) is 0 Å². The van der Waals surface area contributed by atoms with Crippen LogP contribution in [0.25, 0.3) is 0 Å². The standard InChI is InChI=1S/C19H41N3O/c1-3-4-5-6-7-8-9-10-11-12-13-19(23)18-20-22-16-14-21(2)15-17-22/h19-20,23H,3-18H2,1-2H3. The molecule has 1 aliphatic heterocycles. The van der Waals surface area contributed by atoms with Gasteiger partial charge in [-0.1, -0.05) is 71.1 Å². The van der Waals surface area contributed by atoms with Crippen molar-refractivity contribution in [1.82, 2.24) is 15.3 Å². The first-order valence-electron chi connectivity index (χ1n) is 10.1. The van der Waals surface area contributed by atoms with Crippen molar-refractivity contribution < 1.29 is 5.11 Å². The molecule has 0 amide bonds. The predicted octanol–water partition coefficient (Wildman–Crippen LogP) is 3.41. The molecule has 2 N–H and O–H groups in total. The molecule has 23 heavy (non-hydrogen) atoms. The van der Waals surface area contributed by atoms with E-state index in [1.165, 1.54) is 64.2 Å². The van der Waals surface area contributed by atoms with Crippen molar-refractivity contribution in [2.75, 3.05) is 39.8 Å². The Balaban J connectivity index is 1.82. The van der Waals surface area contributed by atoms with Gasteiger partial charge < -0.3 is 10.0 Å². The molecule has 0 aliphatic carbocycles. The van der Waals surface area contributed by atoms with Gasteiger partial charge in [0.1, 0.15) is 0 Å². The van der Waals surface area contributed by atoms with Crippen molar-refractivity contribution >= 4 is 0 Å². The zero-order valence-electron chi connectivity index (χ0n) is 15.7. The number of nitrogens with one attached hydrogen (secondary N) is 1. The second-order valence-electron chi connectivity index (χ2n) is 7.28. The zero-order chi connectivity index (χ0) is 16.8. The number of nitrogens with zero attached hydrogens (tertiary/aromatic N) is 2. The summed E-state index contributed by atoms with van der Waals surface area (Å²) in [6.07, 6.45) is 14.3. The molecule has 0 aromatic heterocycles. The van der Waals surface area contributed by atoms with Crippen LogP contribution in [0.1, 0.15) is 77.6 Å². The Morgan fingerprint density at radius 1 is 0.826 bits per heavy atom. The summed E-state index contributed by atoms with van der Waals surface area (Å²) < 4.78 is 0. The number of hydrogen-bond donors (Lipinski definition) is 2. The van der Waals surface area contributed by atoms with E-state index in [4.69, 9.17) is 0 Å². The molecule has 0 bridgehead atoms. The highest BCUT2D eigenvalue weighted by Crippen LogP contribution is 2.12. The molecule has 1 unspecified atom stereocenters. The molecular formula is C19H41N3O. The highest BCUT2D eigenvalue weighted by Gasteiger charge is 2.14. The van der Waals surface area contributed by atoms with E-state index in [1.807, 2.05) is 0 Å². The van der Waals surface area contributed by atoms with E-state index in [0.717, 1.165) is 32.6 Å². The first-order chi connectivity index (χ1) is 11.2. The maximum atomic E-state index is 10.1. The van der Waals surface area contributed by atoms with Gasteiger partial charge >= 0.3 is 0 Å². The third-order valence-corrected chi connectivity index (χ3v) is 4.94. The fourth-order valence-electron chi connectivity index (χ4n) is 3.17. The lowest BCUT2D eigenvalue weighted by molar-refractivity contribution is 0.0710. The molecule has 0 spiro atoms. The van der Waals surface area contributed by atoms with E-state index in [0.29, 0.717) is 6.54 Å². The smallest absolute Gasteiger partial charge is 0.0678 e. The van der Waals surface area contributed by atoms with Gasteiger partial charge in [0.25, 0.3) is 0 Å². The number of rotatable bonds is 14. The van der Waals surface area contributed by atoms with Crippen LogP contribution in [0.2, 0.25) is 0 Å². The minimum absolute atomic E-state index is 0.191. The maximum absolute atomic E-state index is 10.1. The zero-order valence-corrected chi connectivity index (χ0v) is 15.7. The summed E-state index contributed by atoms with van der Waals surface area (Å²) in [6.45, 7) is 7.32. The summed E-state index contributed by atoms with van der Waals surface area (Å²) >= 11 is 0. The Kier molecular flexibility index (Phi) is 12.9. The van der Waals surface area contributed by atoms with Crippen LogP contribution < -0.4 is 5.43 Å². The Labute approximate surface area is 144 Å². The van der Waals surface area contributed by atoms with Crippen molar-refractivity contribution in [3.8, 4) is 0 Å². The monoisotopic (exact) mass is 327 g/mol. The molecule has 4 nitrogen and oxygen atoms in total. The van der Waals surface area contributed by atoms with E-state index in [9.17, 15) is 5.11 Å². The topological polar surface area (TPSA) is 38.7 Å². The van der Waals surface area contributed by atoms with Crippen molar-refractivity contribution in [3.05, 3.63) is 0 Å². The van der Waals surface area contributed by atoms with Crippen LogP contribution >= 0.6 is 0 Å². The summed E-state index contributed by atoms with van der Waals surface area (Å²) in [5, 5.41) is 12.3. The molecule has 1 aliphatic rings. The molecule has 4 heteroatoms. The summed E-state index contributed by atoms with van der Waals surface area (Å²) in [6, 6.07) is 0. The Bertz CT molecular complexity index is 255. The van der Waals surface area contributed by atoms with Gasteiger partial charge in [-0.2, -0.15) is 0 Å². The summed E-state index contributed by atoms with van der Waals surface area (Å²) in [5.74, 6) is 0. The summed E-state index contributed by atoms with van der Waals surface area (Å²) in [5.41, 5.74) is 3.38. The average molecular weight is 328 g/mol. The average Bonchev–Trinajstić information content (AvgIpc) is 2.56. The Morgan fingerprint density at radius 2 is 1.35 bits per heavy atom. The molecule has 1 atom stereocenters. The van der Waals surface area contributed by atoms with Gasteiger partial charge in [0.2, 0.25) is 0 Å². The first kappa shape index (κ1) is 20.9. The number of hydrazine groups is 1. The first-order valence-corrected chi connectivity index (χ1v) is 10.1. The largest absolute Gasteiger partial charge is 0.392 e. The van der Waals surface area contributed by atoms with Gasteiger partial charge in [-0.3, -0.25) is 5.43 Å². The number of unbranched alkanes of at least 4 members (excludes halogenated alkanes) is 9. The number of hydrogen-bond acceptors (Lipinski definition) is 4. The van der Waals surface area contributed by atoms with Crippen LogP contribution in [0.5, 0.6) is 0 Å². The van der Waals surface area contributed by atoms with E-state index in [1.54, 1.807) is 0 Å². The Morgan fingerprint density at radius 3 is 1.91 bits per heavy atom. The lowest BCUT2D eigenvalue weighted by Crippen LogP contribution is -2.52. The highest BCUT2D eigenvalue weighted by atomic mass is 16.3. The van der Waals surface area contributed by atoms with Crippen molar-refractivity contribution in [2.45, 2.75) is 83.7 Å². The molecule has 0 saturated carbocycles. The maximum Gasteiger partial charge on any atom is 0.0678 e. The fraction of sp³-hybridized carbons (Fsp3) is 1.00. The molecule has 0 radical (unpaired) electrons. The number of piperazine rings is 1. The lowest BCUT2D eigenvalue weighted by atomic mass is 10.0. The lowest BCUT2D eigenvalue weighted by Gasteiger charge is -2.33. The molecule has 0 aromatic carbocycles. The third kappa shape index (κ3) is 11.9. The van der Waals surface area contributed by atoms with Gasteiger partial charge in [-0.15, -0.1) is 0 Å². The summed E-state index contributed by atoms with van der Waals surface area (Å²) in [4.78, 5) is 2.35. The molecule has 1 saturated heterocycles. The van der Waals surface area contributed by atoms with Gasteiger partial charge in [-0.25, -0.2) is 5.01 Å². The number of aliphatic hydroxyl groups is 1. The molecule has 138 valence electrons. The molecule has 1 rings (SSSR count). The molecular weight excluding hydrogens is 286 g/mol. The molecule has 1 fully saturated rings. The third-order valence-electron chi connectivity index (χ3n) is 4.94. The van der Waals surface area contributed by atoms with Gasteiger partial charge in [0, 0.05) is 32.7 Å². The predicted molar refractivity (Wildman–Crippen MR) is 99.5 cm³/mol. The van der Waals surface area contributed by atoms with E-state index < -0.39 is 0 Å². The van der Waals surface area contributed by atoms with Crippen LogP contribution in [0.15, 0.2) is 0 Å². The molecule has 0 aromatic rings. The van der Waals surface area contributed by atoms with Crippen LogP contribution in [0, 0.1) is 0 Å². The van der Waals surface area contributed by atoms with Crippen molar-refractivity contribution in [2.24, 2.45) is 0 Å². The molecule has 1 heterocycles. The van der Waals surface area contributed by atoms with E-state index in [2.05, 4.69) is 29.3 Å². The number of likely N-dealkylation sites (N-methyl/N-ethyl adjacent to an activating group) is 1. The fourth-order valence-corrected chi connectivity index (χ4v) is 3.17. The highest BCUT2D eigenvalue weighted by molar-refractivity contribution is 4.67.